The van der Waals surface area contributed by atoms with Crippen molar-refractivity contribution < 1.29 is 14.6 Å². The molecule has 0 aromatic heterocycles. The van der Waals surface area contributed by atoms with Crippen molar-refractivity contribution in [1.29, 1.82) is 0 Å². The first-order valence-corrected chi connectivity index (χ1v) is 10.9. The van der Waals surface area contributed by atoms with Crippen molar-refractivity contribution in [2.45, 2.75) is 114 Å². The Morgan fingerprint density at radius 3 is 1.96 bits per heavy atom. The predicted octanol–water partition coefficient (Wildman–Crippen LogP) is 3.70. The van der Waals surface area contributed by atoms with Gasteiger partial charge in [0.2, 0.25) is 0 Å². The number of carbonyl (C=O) groups excluding carboxylic acids is 1. The van der Waals surface area contributed by atoms with E-state index in [-0.39, 0.29) is 23.9 Å². The molecule has 0 unspecified atom stereocenters. The number of hydrogen-bond acceptors (Lipinski definition) is 4. The lowest BCUT2D eigenvalue weighted by Gasteiger charge is -2.44. The Morgan fingerprint density at radius 1 is 0.800 bits per heavy atom. The Kier molecular flexibility index (Phi) is 5.38. The van der Waals surface area contributed by atoms with Gasteiger partial charge in [0.05, 0.1) is 0 Å². The standard InChI is InChI=1S/C21H35NO3/c23-20(25-19-14-12-17-11-13-18(19)22-17)21(24,15-7-3-1-4-8-15)16-9-5-2-6-10-16/h15-19,22,24H,1-14H2/t17-,18-,19-/m1/s1. The fraction of sp³-hybridized carbons (Fsp3) is 0.952. The van der Waals surface area contributed by atoms with E-state index in [4.69, 9.17) is 4.74 Å². The van der Waals surface area contributed by atoms with Crippen LogP contribution in [0.2, 0.25) is 0 Å². The van der Waals surface area contributed by atoms with Gasteiger partial charge in [0.1, 0.15) is 6.10 Å². The molecule has 0 aromatic rings. The summed E-state index contributed by atoms with van der Waals surface area (Å²) in [5.74, 6) is -0.0853. The molecule has 0 spiro atoms. The van der Waals surface area contributed by atoms with Crippen LogP contribution in [0.25, 0.3) is 0 Å². The maximum absolute atomic E-state index is 13.3. The minimum atomic E-state index is -1.24. The number of fused-ring (bicyclic) bond motifs is 2. The number of hydrogen-bond donors (Lipinski definition) is 2. The molecule has 0 radical (unpaired) electrons. The van der Waals surface area contributed by atoms with Crippen molar-refractivity contribution >= 4 is 5.97 Å². The Bertz CT molecular complexity index is 450. The summed E-state index contributed by atoms with van der Waals surface area (Å²) in [7, 11) is 0. The number of nitrogens with one attached hydrogen (secondary N) is 1. The summed E-state index contributed by atoms with van der Waals surface area (Å²) in [6.07, 6.45) is 15.3. The highest BCUT2D eigenvalue weighted by molar-refractivity contribution is 5.80. The Morgan fingerprint density at radius 2 is 1.36 bits per heavy atom. The van der Waals surface area contributed by atoms with E-state index in [0.717, 1.165) is 70.6 Å². The minimum Gasteiger partial charge on any atom is -0.459 e. The summed E-state index contributed by atoms with van der Waals surface area (Å²) in [6.45, 7) is 0. The number of ether oxygens (including phenoxy) is 1. The average Bonchev–Trinajstić information content (AvgIpc) is 3.07. The van der Waals surface area contributed by atoms with Gasteiger partial charge in [0.15, 0.2) is 5.60 Å². The second-order valence-electron chi connectivity index (χ2n) is 9.06. The molecule has 4 rings (SSSR count). The second-order valence-corrected chi connectivity index (χ2v) is 9.06. The third-order valence-electron chi connectivity index (χ3n) is 7.56. The molecular formula is C21H35NO3. The molecule has 3 atom stereocenters. The van der Waals surface area contributed by atoms with E-state index < -0.39 is 5.60 Å². The molecule has 0 aromatic carbocycles. The molecule has 2 aliphatic heterocycles. The van der Waals surface area contributed by atoms with Crippen molar-refractivity contribution in [3.63, 3.8) is 0 Å². The third kappa shape index (κ3) is 3.49. The number of carbonyl (C=O) groups is 1. The summed E-state index contributed by atoms with van der Waals surface area (Å²) in [4.78, 5) is 13.3. The van der Waals surface area contributed by atoms with Crippen LogP contribution in [-0.4, -0.2) is 34.9 Å². The van der Waals surface area contributed by atoms with Crippen molar-refractivity contribution in [3.8, 4) is 0 Å². The summed E-state index contributed by atoms with van der Waals surface area (Å²) < 4.78 is 6.04. The van der Waals surface area contributed by atoms with Gasteiger partial charge in [0, 0.05) is 12.1 Å². The zero-order valence-corrected chi connectivity index (χ0v) is 15.5. The largest absolute Gasteiger partial charge is 0.459 e. The number of aliphatic hydroxyl groups is 1. The summed E-state index contributed by atoms with van der Waals surface area (Å²) >= 11 is 0. The van der Waals surface area contributed by atoms with Crippen LogP contribution in [0.1, 0.15) is 89.9 Å². The van der Waals surface area contributed by atoms with Gasteiger partial charge in [-0.05, 0) is 63.2 Å². The molecule has 2 heterocycles. The van der Waals surface area contributed by atoms with Gasteiger partial charge in [-0.25, -0.2) is 4.79 Å². The maximum atomic E-state index is 13.3. The first-order chi connectivity index (χ1) is 12.2. The molecule has 2 N–H and O–H groups in total. The normalized spacial score (nSPS) is 34.8. The molecule has 4 heteroatoms. The number of rotatable bonds is 4. The summed E-state index contributed by atoms with van der Waals surface area (Å²) in [5, 5.41) is 15.3. The highest BCUT2D eigenvalue weighted by Crippen LogP contribution is 2.44. The number of piperidine rings is 1. The van der Waals surface area contributed by atoms with Crippen molar-refractivity contribution in [2.24, 2.45) is 11.8 Å². The van der Waals surface area contributed by atoms with Gasteiger partial charge >= 0.3 is 5.97 Å². The van der Waals surface area contributed by atoms with Crippen LogP contribution in [-0.2, 0) is 9.53 Å². The quantitative estimate of drug-likeness (QED) is 0.760. The lowest BCUT2D eigenvalue weighted by Crippen LogP contribution is -2.56. The SMILES string of the molecule is O=C(O[C@@H]1CC[C@H]2CC[C@H]1N2)C(O)(C1CCCCC1)C1CCCCC1. The van der Waals surface area contributed by atoms with E-state index >= 15 is 0 Å². The molecule has 4 aliphatic rings. The molecule has 25 heavy (non-hydrogen) atoms. The Hall–Kier alpha value is -0.610. The molecule has 142 valence electrons. The molecule has 4 nitrogen and oxygen atoms in total. The van der Waals surface area contributed by atoms with E-state index in [0.29, 0.717) is 12.1 Å². The summed E-state index contributed by atoms with van der Waals surface area (Å²) in [5.41, 5.74) is -1.24. The van der Waals surface area contributed by atoms with Gasteiger partial charge in [-0.15, -0.1) is 0 Å². The van der Waals surface area contributed by atoms with E-state index in [1.807, 2.05) is 0 Å². The third-order valence-corrected chi connectivity index (χ3v) is 7.56. The average molecular weight is 350 g/mol. The molecule has 2 saturated heterocycles. The van der Waals surface area contributed by atoms with E-state index in [9.17, 15) is 9.90 Å². The van der Waals surface area contributed by atoms with Gasteiger partial charge in [0.25, 0.3) is 0 Å². The van der Waals surface area contributed by atoms with Crippen LogP contribution < -0.4 is 5.32 Å². The fourth-order valence-electron chi connectivity index (χ4n) is 6.06. The van der Waals surface area contributed by atoms with Crippen LogP contribution in [0.5, 0.6) is 0 Å². The smallest absolute Gasteiger partial charge is 0.339 e. The van der Waals surface area contributed by atoms with Crippen LogP contribution in [0.4, 0.5) is 0 Å². The second kappa shape index (κ2) is 7.56. The fourth-order valence-corrected chi connectivity index (χ4v) is 6.06. The molecule has 0 amide bonds. The van der Waals surface area contributed by atoms with Gasteiger partial charge in [-0.3, -0.25) is 0 Å². The van der Waals surface area contributed by atoms with Crippen LogP contribution in [0.3, 0.4) is 0 Å². The highest BCUT2D eigenvalue weighted by Gasteiger charge is 2.52. The van der Waals surface area contributed by atoms with Crippen LogP contribution >= 0.6 is 0 Å². The van der Waals surface area contributed by atoms with Gasteiger partial charge in [-0.1, -0.05) is 38.5 Å². The van der Waals surface area contributed by atoms with Gasteiger partial charge < -0.3 is 15.2 Å². The first kappa shape index (κ1) is 17.8. The van der Waals surface area contributed by atoms with E-state index in [2.05, 4.69) is 5.32 Å². The lowest BCUT2D eigenvalue weighted by atomic mass is 9.66. The van der Waals surface area contributed by atoms with Crippen molar-refractivity contribution in [1.82, 2.24) is 5.32 Å². The zero-order valence-electron chi connectivity index (χ0n) is 15.5. The number of esters is 1. The molecule has 2 bridgehead atoms. The van der Waals surface area contributed by atoms with E-state index in [1.54, 1.807) is 0 Å². The topological polar surface area (TPSA) is 58.6 Å². The minimum absolute atomic E-state index is 0.0371. The van der Waals surface area contributed by atoms with Crippen molar-refractivity contribution in [3.05, 3.63) is 0 Å². The molecular weight excluding hydrogens is 314 g/mol. The predicted molar refractivity (Wildman–Crippen MR) is 97.2 cm³/mol. The Labute approximate surface area is 152 Å². The van der Waals surface area contributed by atoms with Crippen LogP contribution in [0.15, 0.2) is 0 Å². The maximum Gasteiger partial charge on any atom is 0.339 e. The molecule has 2 saturated carbocycles. The molecule has 2 aliphatic carbocycles. The monoisotopic (exact) mass is 349 g/mol. The van der Waals surface area contributed by atoms with Crippen molar-refractivity contribution in [2.75, 3.05) is 0 Å². The first-order valence-electron chi connectivity index (χ1n) is 10.9. The highest BCUT2D eigenvalue weighted by atomic mass is 16.6. The Balaban J connectivity index is 1.50. The summed E-state index contributed by atoms with van der Waals surface area (Å²) in [6, 6.07) is 0.931. The van der Waals surface area contributed by atoms with Gasteiger partial charge in [-0.2, -0.15) is 0 Å². The molecule has 4 fully saturated rings. The van der Waals surface area contributed by atoms with E-state index in [1.165, 1.54) is 19.3 Å². The lowest BCUT2D eigenvalue weighted by molar-refractivity contribution is -0.192. The zero-order chi connectivity index (χ0) is 17.3. The van der Waals surface area contributed by atoms with Crippen LogP contribution in [0, 0.1) is 11.8 Å².